The van der Waals surface area contributed by atoms with Gasteiger partial charge in [0.15, 0.2) is 0 Å². The van der Waals surface area contributed by atoms with Crippen LogP contribution in [0.15, 0.2) is 0 Å². The highest BCUT2D eigenvalue weighted by molar-refractivity contribution is 7.59. The molecule has 2 unspecified atom stereocenters. The topological polar surface area (TPSA) is 57.6 Å². The number of hydrogen-bond donors (Lipinski definition) is 1. The molecule has 0 aliphatic rings. The molecule has 1 N–H and O–H groups in total. The van der Waals surface area contributed by atoms with Crippen molar-refractivity contribution in [3.05, 3.63) is 0 Å². The summed E-state index contributed by atoms with van der Waals surface area (Å²) in [6, 6.07) is 0. The average molecular weight is 207 g/mol. The van der Waals surface area contributed by atoms with Gasteiger partial charge in [-0.3, -0.25) is 9.36 Å². The van der Waals surface area contributed by atoms with E-state index in [0.717, 1.165) is 0 Å². The Morgan fingerprint density at radius 2 is 1.77 bits per heavy atom. The number of carbonyl (C=O) groups excluding carboxylic acids is 1. The lowest BCUT2D eigenvalue weighted by atomic mass is 10.5. The highest BCUT2D eigenvalue weighted by atomic mass is 31.2. The van der Waals surface area contributed by atoms with Crippen LogP contribution in [-0.4, -0.2) is 34.2 Å². The van der Waals surface area contributed by atoms with Crippen molar-refractivity contribution >= 4 is 13.3 Å². The SMILES string of the molecule is CC(=O)N(C)C(C)P(=O)(O)C(C)C. The zero-order chi connectivity index (χ0) is 10.8. The Morgan fingerprint density at radius 1 is 1.38 bits per heavy atom. The molecule has 4 nitrogen and oxygen atoms in total. The molecule has 0 heterocycles. The van der Waals surface area contributed by atoms with Crippen molar-refractivity contribution in [2.24, 2.45) is 0 Å². The molecule has 0 saturated heterocycles. The van der Waals surface area contributed by atoms with Gasteiger partial charge in [0, 0.05) is 19.6 Å². The van der Waals surface area contributed by atoms with Crippen LogP contribution in [0.1, 0.15) is 27.7 Å². The molecule has 0 spiro atoms. The number of rotatable bonds is 3. The van der Waals surface area contributed by atoms with Gasteiger partial charge in [0.1, 0.15) is 5.78 Å². The maximum atomic E-state index is 11.7. The molecule has 5 heteroatoms. The van der Waals surface area contributed by atoms with E-state index >= 15 is 0 Å². The second-order valence-electron chi connectivity index (χ2n) is 3.53. The van der Waals surface area contributed by atoms with Gasteiger partial charge in [0.05, 0.1) is 0 Å². The number of hydrogen-bond acceptors (Lipinski definition) is 2. The normalized spacial score (nSPS) is 18.1. The van der Waals surface area contributed by atoms with Gasteiger partial charge in [-0.25, -0.2) is 0 Å². The first kappa shape index (κ1) is 12.7. The molecule has 1 amide bonds. The van der Waals surface area contributed by atoms with Crippen LogP contribution in [0.4, 0.5) is 0 Å². The molecular weight excluding hydrogens is 189 g/mol. The van der Waals surface area contributed by atoms with Gasteiger partial charge < -0.3 is 9.79 Å². The van der Waals surface area contributed by atoms with Crippen LogP contribution in [0.25, 0.3) is 0 Å². The minimum absolute atomic E-state index is 0.192. The second kappa shape index (κ2) is 4.25. The minimum Gasteiger partial charge on any atom is -0.343 e. The van der Waals surface area contributed by atoms with Crippen LogP contribution in [0.3, 0.4) is 0 Å². The van der Waals surface area contributed by atoms with Gasteiger partial charge >= 0.3 is 0 Å². The first-order valence-electron chi connectivity index (χ1n) is 4.26. The molecule has 0 aliphatic carbocycles. The van der Waals surface area contributed by atoms with Crippen LogP contribution in [0.2, 0.25) is 0 Å². The van der Waals surface area contributed by atoms with E-state index < -0.39 is 13.2 Å². The molecule has 0 aromatic rings. The standard InChI is InChI=1S/C8H18NO3P/c1-6(2)13(11,12)8(4)9(5)7(3)10/h6,8H,1-5H3,(H,11,12). The zero-order valence-corrected chi connectivity index (χ0v) is 9.71. The number of amides is 1. The summed E-state index contributed by atoms with van der Waals surface area (Å²) >= 11 is 0. The molecule has 2 atom stereocenters. The zero-order valence-electron chi connectivity index (χ0n) is 8.81. The summed E-state index contributed by atoms with van der Waals surface area (Å²) in [6.45, 7) is 6.36. The molecule has 0 aromatic heterocycles. The van der Waals surface area contributed by atoms with Gasteiger partial charge in [-0.1, -0.05) is 13.8 Å². The third-order valence-electron chi connectivity index (χ3n) is 2.33. The Morgan fingerprint density at radius 3 is 2.00 bits per heavy atom. The van der Waals surface area contributed by atoms with Crippen LogP contribution >= 0.6 is 7.37 Å². The van der Waals surface area contributed by atoms with E-state index in [-0.39, 0.29) is 11.6 Å². The lowest BCUT2D eigenvalue weighted by molar-refractivity contribution is -0.128. The van der Waals surface area contributed by atoms with Crippen molar-refractivity contribution < 1.29 is 14.3 Å². The quantitative estimate of drug-likeness (QED) is 0.713. The third kappa shape index (κ3) is 2.82. The molecule has 0 fully saturated rings. The van der Waals surface area contributed by atoms with Gasteiger partial charge in [-0.15, -0.1) is 0 Å². The lowest BCUT2D eigenvalue weighted by Gasteiger charge is -2.29. The summed E-state index contributed by atoms with van der Waals surface area (Å²) in [6.07, 6.45) is 0. The summed E-state index contributed by atoms with van der Waals surface area (Å²) in [4.78, 5) is 21.9. The summed E-state index contributed by atoms with van der Waals surface area (Å²) in [7, 11) is -1.72. The molecule has 78 valence electrons. The molecule has 13 heavy (non-hydrogen) atoms. The fraction of sp³-hybridized carbons (Fsp3) is 0.875. The van der Waals surface area contributed by atoms with Crippen LogP contribution in [0, 0.1) is 0 Å². The Balaban J connectivity index is 4.69. The first-order valence-corrected chi connectivity index (χ1v) is 6.06. The van der Waals surface area contributed by atoms with Gasteiger partial charge in [-0.05, 0) is 6.92 Å². The number of nitrogens with zero attached hydrogens (tertiary/aromatic N) is 1. The van der Waals surface area contributed by atoms with Crippen molar-refractivity contribution in [3.8, 4) is 0 Å². The van der Waals surface area contributed by atoms with Crippen LogP contribution < -0.4 is 0 Å². The minimum atomic E-state index is -3.26. The smallest absolute Gasteiger partial charge is 0.224 e. The Kier molecular flexibility index (Phi) is 4.14. The lowest BCUT2D eigenvalue weighted by Crippen LogP contribution is -2.34. The van der Waals surface area contributed by atoms with Crippen molar-refractivity contribution in [1.82, 2.24) is 4.90 Å². The molecular formula is C8H18NO3P. The fourth-order valence-electron chi connectivity index (χ4n) is 0.943. The summed E-state index contributed by atoms with van der Waals surface area (Å²) in [5.41, 5.74) is -0.315. The van der Waals surface area contributed by atoms with E-state index in [0.29, 0.717) is 0 Å². The molecule has 0 radical (unpaired) electrons. The van der Waals surface area contributed by atoms with Gasteiger partial charge in [0.2, 0.25) is 13.3 Å². The molecule has 0 bridgehead atoms. The Bertz CT molecular complexity index is 240. The predicted molar refractivity (Wildman–Crippen MR) is 52.9 cm³/mol. The van der Waals surface area contributed by atoms with Gasteiger partial charge in [-0.2, -0.15) is 0 Å². The van der Waals surface area contributed by atoms with E-state index in [9.17, 15) is 14.3 Å². The Hall–Kier alpha value is -0.340. The molecule has 0 saturated carbocycles. The predicted octanol–water partition coefficient (Wildman–Crippen LogP) is 1.49. The van der Waals surface area contributed by atoms with Crippen molar-refractivity contribution in [2.45, 2.75) is 39.1 Å². The van der Waals surface area contributed by atoms with E-state index in [2.05, 4.69) is 0 Å². The monoisotopic (exact) mass is 207 g/mol. The first-order chi connectivity index (χ1) is 5.71. The highest BCUT2D eigenvalue weighted by Crippen LogP contribution is 2.51. The maximum absolute atomic E-state index is 11.7. The highest BCUT2D eigenvalue weighted by Gasteiger charge is 2.34. The van der Waals surface area contributed by atoms with E-state index in [1.54, 1.807) is 20.8 Å². The van der Waals surface area contributed by atoms with Crippen molar-refractivity contribution in [3.63, 3.8) is 0 Å². The fourth-order valence-corrected chi connectivity index (χ4v) is 2.46. The Labute approximate surface area is 79.4 Å². The van der Waals surface area contributed by atoms with Crippen LogP contribution in [0.5, 0.6) is 0 Å². The maximum Gasteiger partial charge on any atom is 0.224 e. The largest absolute Gasteiger partial charge is 0.343 e. The summed E-state index contributed by atoms with van der Waals surface area (Å²) in [5.74, 6) is -0.799. The second-order valence-corrected chi connectivity index (χ2v) is 6.65. The number of carbonyl (C=O) groups is 1. The third-order valence-corrected chi connectivity index (χ3v) is 5.23. The van der Waals surface area contributed by atoms with E-state index in [1.165, 1.54) is 18.9 Å². The van der Waals surface area contributed by atoms with Gasteiger partial charge in [0.25, 0.3) is 0 Å². The van der Waals surface area contributed by atoms with Crippen molar-refractivity contribution in [1.29, 1.82) is 0 Å². The molecule has 0 rings (SSSR count). The molecule has 0 aromatic carbocycles. The summed E-state index contributed by atoms with van der Waals surface area (Å²) < 4.78 is 11.7. The van der Waals surface area contributed by atoms with E-state index in [4.69, 9.17) is 0 Å². The van der Waals surface area contributed by atoms with Crippen molar-refractivity contribution in [2.75, 3.05) is 7.05 Å². The average Bonchev–Trinajstić information content (AvgIpc) is 2.01. The van der Waals surface area contributed by atoms with E-state index in [1.807, 2.05) is 0 Å². The summed E-state index contributed by atoms with van der Waals surface area (Å²) in [5, 5.41) is 0. The molecule has 0 aliphatic heterocycles. The van der Waals surface area contributed by atoms with Crippen LogP contribution in [-0.2, 0) is 9.36 Å².